The second-order valence-corrected chi connectivity index (χ2v) is 7.57. The minimum atomic E-state index is -2.95. The highest BCUT2D eigenvalue weighted by molar-refractivity contribution is 7.92. The van der Waals surface area contributed by atoms with Gasteiger partial charge in [0, 0.05) is 19.6 Å². The first kappa shape index (κ1) is 17.9. The van der Waals surface area contributed by atoms with E-state index in [9.17, 15) is 8.42 Å². The summed E-state index contributed by atoms with van der Waals surface area (Å²) in [4.78, 5) is 2.32. The molecule has 0 aromatic carbocycles. The molecule has 18 heavy (non-hydrogen) atoms. The Morgan fingerprint density at radius 1 is 1.06 bits per heavy atom. The molecule has 0 aliphatic rings. The van der Waals surface area contributed by atoms with Gasteiger partial charge in [-0.15, -0.1) is 0 Å². The molecule has 1 N–H and O–H groups in total. The summed E-state index contributed by atoms with van der Waals surface area (Å²) in [7, 11) is -2.95. The summed E-state index contributed by atoms with van der Waals surface area (Å²) >= 11 is 0. The van der Waals surface area contributed by atoms with Crippen LogP contribution >= 0.6 is 0 Å². The van der Waals surface area contributed by atoms with E-state index in [2.05, 4.69) is 24.1 Å². The number of likely N-dealkylation sites (N-methyl/N-ethyl adjacent to an activating group) is 1. The quantitative estimate of drug-likeness (QED) is 0.613. The number of rotatable bonds is 10. The van der Waals surface area contributed by atoms with Crippen molar-refractivity contribution in [2.45, 2.75) is 39.9 Å². The summed E-state index contributed by atoms with van der Waals surface area (Å²) in [5.41, 5.74) is 0. The smallest absolute Gasteiger partial charge is 0.154 e. The van der Waals surface area contributed by atoms with Gasteiger partial charge in [-0.25, -0.2) is 8.42 Å². The largest absolute Gasteiger partial charge is 0.314 e. The molecule has 0 aromatic rings. The molecule has 0 aliphatic heterocycles. The van der Waals surface area contributed by atoms with Crippen LogP contribution in [0, 0.1) is 5.92 Å². The van der Waals surface area contributed by atoms with Crippen LogP contribution in [0.15, 0.2) is 0 Å². The van der Waals surface area contributed by atoms with Crippen LogP contribution in [0.5, 0.6) is 0 Å². The molecule has 110 valence electrons. The van der Waals surface area contributed by atoms with Gasteiger partial charge in [0.2, 0.25) is 0 Å². The van der Waals surface area contributed by atoms with Gasteiger partial charge >= 0.3 is 0 Å². The molecular formula is C13H30N2O2S. The minimum absolute atomic E-state index is 0.186. The van der Waals surface area contributed by atoms with Gasteiger partial charge in [0.05, 0.1) is 11.0 Å². The lowest BCUT2D eigenvalue weighted by Gasteiger charge is -2.19. The summed E-state index contributed by atoms with van der Waals surface area (Å²) in [5, 5.41) is 2.97. The first-order valence-corrected chi connectivity index (χ1v) is 8.71. The molecule has 0 heterocycles. The first-order chi connectivity index (χ1) is 8.35. The van der Waals surface area contributed by atoms with E-state index in [0.29, 0.717) is 6.54 Å². The van der Waals surface area contributed by atoms with Crippen molar-refractivity contribution < 1.29 is 8.42 Å². The lowest BCUT2D eigenvalue weighted by Crippen LogP contribution is -2.35. The van der Waals surface area contributed by atoms with Crippen molar-refractivity contribution >= 4 is 9.84 Å². The van der Waals surface area contributed by atoms with Crippen molar-refractivity contribution in [2.24, 2.45) is 5.92 Å². The van der Waals surface area contributed by atoms with Gasteiger partial charge < -0.3 is 10.2 Å². The number of nitrogens with one attached hydrogen (secondary N) is 1. The summed E-state index contributed by atoms with van der Waals surface area (Å²) in [6.45, 7) is 14.5. The molecule has 0 saturated carbocycles. The van der Waals surface area contributed by atoms with Gasteiger partial charge in [0.15, 0.2) is 9.84 Å². The van der Waals surface area contributed by atoms with E-state index in [1.165, 1.54) is 0 Å². The van der Waals surface area contributed by atoms with Gasteiger partial charge in [0.25, 0.3) is 0 Å². The van der Waals surface area contributed by atoms with E-state index in [4.69, 9.17) is 0 Å². The molecule has 5 heteroatoms. The Morgan fingerprint density at radius 3 is 2.06 bits per heavy atom. The lowest BCUT2D eigenvalue weighted by molar-refractivity contribution is 0.303. The summed E-state index contributed by atoms with van der Waals surface area (Å²) in [5.74, 6) is 0.426. The lowest BCUT2D eigenvalue weighted by atomic mass is 10.2. The Hall–Kier alpha value is -0.130. The van der Waals surface area contributed by atoms with Crippen LogP contribution in [-0.4, -0.2) is 57.0 Å². The average Bonchev–Trinajstić information content (AvgIpc) is 2.32. The average molecular weight is 278 g/mol. The summed E-state index contributed by atoms with van der Waals surface area (Å²) < 4.78 is 23.9. The molecule has 0 saturated heterocycles. The molecule has 0 aliphatic carbocycles. The van der Waals surface area contributed by atoms with Crippen molar-refractivity contribution in [2.75, 3.05) is 38.5 Å². The van der Waals surface area contributed by atoms with Crippen molar-refractivity contribution in [1.29, 1.82) is 0 Å². The van der Waals surface area contributed by atoms with E-state index in [0.717, 1.165) is 26.2 Å². The zero-order valence-electron chi connectivity index (χ0n) is 12.6. The second kappa shape index (κ2) is 8.88. The molecule has 0 rings (SSSR count). The Labute approximate surface area is 113 Å². The molecule has 1 atom stereocenters. The highest BCUT2D eigenvalue weighted by Crippen LogP contribution is 2.11. The van der Waals surface area contributed by atoms with Crippen molar-refractivity contribution in [3.8, 4) is 0 Å². The second-order valence-electron chi connectivity index (χ2n) is 5.09. The van der Waals surface area contributed by atoms with Crippen LogP contribution in [0.3, 0.4) is 0 Å². The molecule has 1 unspecified atom stereocenters. The molecule has 0 aromatic heterocycles. The van der Waals surface area contributed by atoms with Crippen molar-refractivity contribution in [1.82, 2.24) is 10.2 Å². The third-order valence-corrected chi connectivity index (χ3v) is 6.02. The third-order valence-electron chi connectivity index (χ3n) is 3.57. The number of hydrogen-bond acceptors (Lipinski definition) is 4. The highest BCUT2D eigenvalue weighted by Gasteiger charge is 2.22. The van der Waals surface area contributed by atoms with Gasteiger partial charge in [-0.05, 0) is 25.9 Å². The summed E-state index contributed by atoms with van der Waals surface area (Å²) in [6.07, 6.45) is 0. The maximum absolute atomic E-state index is 11.9. The Bertz CT molecular complexity index is 298. The fourth-order valence-corrected chi connectivity index (χ4v) is 3.35. The van der Waals surface area contributed by atoms with Crippen LogP contribution in [0.2, 0.25) is 0 Å². The predicted molar refractivity (Wildman–Crippen MR) is 78.7 cm³/mol. The van der Waals surface area contributed by atoms with E-state index < -0.39 is 9.84 Å². The molecule has 0 bridgehead atoms. The Kier molecular flexibility index (Phi) is 8.82. The fraction of sp³-hybridized carbons (Fsp3) is 1.00. The monoisotopic (exact) mass is 278 g/mol. The van der Waals surface area contributed by atoms with Gasteiger partial charge in [0.1, 0.15) is 0 Å². The van der Waals surface area contributed by atoms with Gasteiger partial charge in [-0.1, -0.05) is 27.7 Å². The molecular weight excluding hydrogens is 248 g/mol. The van der Waals surface area contributed by atoms with E-state index >= 15 is 0 Å². The molecule has 0 fully saturated rings. The van der Waals surface area contributed by atoms with Crippen LogP contribution in [0.4, 0.5) is 0 Å². The van der Waals surface area contributed by atoms with E-state index in [1.807, 2.05) is 13.8 Å². The van der Waals surface area contributed by atoms with Crippen LogP contribution in [0.1, 0.15) is 34.6 Å². The number of nitrogens with zero attached hydrogens (tertiary/aromatic N) is 1. The topological polar surface area (TPSA) is 49.4 Å². The standard InChI is InChI=1S/C13H30N2O2S/c1-6-15(7-2)10-8-14-9-11-18(16,17)13(5)12(3)4/h12-14H,6-11H2,1-5H3. The predicted octanol–water partition coefficient (Wildman–Crippen LogP) is 1.38. The molecule has 0 amide bonds. The first-order valence-electron chi connectivity index (χ1n) is 6.99. The number of hydrogen-bond donors (Lipinski definition) is 1. The zero-order chi connectivity index (χ0) is 14.2. The molecule has 0 radical (unpaired) electrons. The SMILES string of the molecule is CCN(CC)CCNCCS(=O)(=O)C(C)C(C)C. The maximum Gasteiger partial charge on any atom is 0.154 e. The van der Waals surface area contributed by atoms with E-state index in [-0.39, 0.29) is 16.9 Å². The molecule has 4 nitrogen and oxygen atoms in total. The Balaban J connectivity index is 3.85. The fourth-order valence-electron chi connectivity index (χ4n) is 1.72. The van der Waals surface area contributed by atoms with Crippen LogP contribution in [0.25, 0.3) is 0 Å². The van der Waals surface area contributed by atoms with E-state index in [1.54, 1.807) is 6.92 Å². The Morgan fingerprint density at radius 2 is 1.61 bits per heavy atom. The third kappa shape index (κ3) is 6.71. The zero-order valence-corrected chi connectivity index (χ0v) is 13.4. The minimum Gasteiger partial charge on any atom is -0.314 e. The van der Waals surface area contributed by atoms with Crippen LogP contribution < -0.4 is 5.32 Å². The summed E-state index contributed by atoms with van der Waals surface area (Å²) in [6, 6.07) is 0. The van der Waals surface area contributed by atoms with Gasteiger partial charge in [-0.2, -0.15) is 0 Å². The number of sulfone groups is 1. The molecule has 0 spiro atoms. The van der Waals surface area contributed by atoms with Gasteiger partial charge in [-0.3, -0.25) is 0 Å². The normalized spacial score (nSPS) is 14.4. The van der Waals surface area contributed by atoms with Crippen molar-refractivity contribution in [3.05, 3.63) is 0 Å². The van der Waals surface area contributed by atoms with Crippen molar-refractivity contribution in [3.63, 3.8) is 0 Å². The maximum atomic E-state index is 11.9. The highest BCUT2D eigenvalue weighted by atomic mass is 32.2. The van der Waals surface area contributed by atoms with Crippen LogP contribution in [-0.2, 0) is 9.84 Å².